The molecule has 0 atom stereocenters. The molecule has 0 bridgehead atoms. The molecule has 1 fully saturated rings. The van der Waals surface area contributed by atoms with Crippen LogP contribution in [0.4, 0.5) is 10.5 Å². The number of hydrogen-bond acceptors (Lipinski definition) is 5. The Morgan fingerprint density at radius 1 is 1.17 bits per heavy atom. The van der Waals surface area contributed by atoms with Crippen LogP contribution in [0.25, 0.3) is 6.08 Å². The monoisotopic (exact) mass is 470 g/mol. The van der Waals surface area contributed by atoms with Crippen molar-refractivity contribution in [2.24, 2.45) is 0 Å². The molecule has 8 heteroatoms. The van der Waals surface area contributed by atoms with Crippen LogP contribution in [-0.2, 0) is 9.59 Å². The van der Waals surface area contributed by atoms with Gasteiger partial charge in [0.1, 0.15) is 23.7 Å². The summed E-state index contributed by atoms with van der Waals surface area (Å²) < 4.78 is 11.7. The summed E-state index contributed by atoms with van der Waals surface area (Å²) in [5.74, 6) is -0.542. The zero-order valence-electron chi connectivity index (χ0n) is 16.4. The number of barbiturate groups is 1. The van der Waals surface area contributed by atoms with Crippen LogP contribution in [0, 0.1) is 6.92 Å². The molecule has 154 valence electrons. The summed E-state index contributed by atoms with van der Waals surface area (Å²) in [4.78, 5) is 38.8. The first-order valence-corrected chi connectivity index (χ1v) is 9.74. The molecule has 0 unspecified atom stereocenters. The van der Waals surface area contributed by atoms with Crippen LogP contribution in [-0.4, -0.2) is 31.6 Å². The summed E-state index contributed by atoms with van der Waals surface area (Å²) in [6.45, 7) is 5.68. The first-order valence-electron chi connectivity index (χ1n) is 8.95. The number of amides is 4. The van der Waals surface area contributed by atoms with Gasteiger partial charge in [0.25, 0.3) is 11.8 Å². The molecule has 30 heavy (non-hydrogen) atoms. The summed E-state index contributed by atoms with van der Waals surface area (Å²) in [6.07, 6.45) is 2.96. The van der Waals surface area contributed by atoms with Gasteiger partial charge < -0.3 is 9.47 Å². The van der Waals surface area contributed by atoms with E-state index in [4.69, 9.17) is 9.47 Å². The van der Waals surface area contributed by atoms with E-state index in [1.165, 1.54) is 13.2 Å². The zero-order chi connectivity index (χ0) is 21.8. The van der Waals surface area contributed by atoms with Gasteiger partial charge in [-0.2, -0.15) is 0 Å². The molecule has 0 radical (unpaired) electrons. The van der Waals surface area contributed by atoms with Gasteiger partial charge in [-0.05, 0) is 48.9 Å². The van der Waals surface area contributed by atoms with Crippen molar-refractivity contribution in [3.63, 3.8) is 0 Å². The van der Waals surface area contributed by atoms with Crippen LogP contribution in [0.3, 0.4) is 0 Å². The average molecular weight is 471 g/mol. The number of imide groups is 2. The van der Waals surface area contributed by atoms with E-state index in [1.807, 2.05) is 6.92 Å². The van der Waals surface area contributed by atoms with Gasteiger partial charge in [-0.15, -0.1) is 0 Å². The van der Waals surface area contributed by atoms with E-state index in [1.54, 1.807) is 42.5 Å². The lowest BCUT2D eigenvalue weighted by Crippen LogP contribution is -2.54. The maximum atomic E-state index is 13.1. The van der Waals surface area contributed by atoms with E-state index >= 15 is 0 Å². The summed E-state index contributed by atoms with van der Waals surface area (Å²) in [5, 5.41) is 2.21. The summed E-state index contributed by atoms with van der Waals surface area (Å²) >= 11 is 3.39. The molecular weight excluding hydrogens is 452 g/mol. The van der Waals surface area contributed by atoms with Crippen LogP contribution in [0.1, 0.15) is 11.1 Å². The Balaban J connectivity index is 2.04. The van der Waals surface area contributed by atoms with Gasteiger partial charge in [0.2, 0.25) is 0 Å². The fraction of sp³-hybridized carbons (Fsp3) is 0.136. The third kappa shape index (κ3) is 4.28. The Labute approximate surface area is 182 Å². The second-order valence-corrected chi connectivity index (χ2v) is 7.25. The minimum Gasteiger partial charge on any atom is -0.497 e. The van der Waals surface area contributed by atoms with Gasteiger partial charge in [-0.3, -0.25) is 14.9 Å². The molecule has 1 saturated heterocycles. The highest BCUT2D eigenvalue weighted by Crippen LogP contribution is 2.30. The van der Waals surface area contributed by atoms with E-state index in [9.17, 15) is 14.4 Å². The van der Waals surface area contributed by atoms with Gasteiger partial charge in [-0.1, -0.05) is 28.6 Å². The normalized spacial score (nSPS) is 15.2. The Bertz CT molecular complexity index is 1080. The Hall–Kier alpha value is -3.39. The molecule has 2 aromatic rings. The van der Waals surface area contributed by atoms with Crippen molar-refractivity contribution >= 4 is 45.5 Å². The highest BCUT2D eigenvalue weighted by atomic mass is 79.9. The molecule has 1 heterocycles. The van der Waals surface area contributed by atoms with Crippen molar-refractivity contribution in [2.75, 3.05) is 18.6 Å². The molecule has 1 N–H and O–H groups in total. The predicted octanol–water partition coefficient (Wildman–Crippen LogP) is 4.00. The first kappa shape index (κ1) is 21.3. The number of ether oxygens (including phenoxy) is 2. The molecule has 0 spiro atoms. The Morgan fingerprint density at radius 3 is 2.60 bits per heavy atom. The lowest BCUT2D eigenvalue weighted by Gasteiger charge is -2.27. The SMILES string of the molecule is C=CCOc1cc(OC)ccc1/C=C1/C(=O)NC(=O)N(c2ccc(Br)c(C)c2)C1=O. The number of benzene rings is 2. The Morgan fingerprint density at radius 2 is 1.93 bits per heavy atom. The first-order chi connectivity index (χ1) is 14.3. The number of halogens is 1. The zero-order valence-corrected chi connectivity index (χ0v) is 18.0. The van der Waals surface area contributed by atoms with E-state index < -0.39 is 17.8 Å². The summed E-state index contributed by atoms with van der Waals surface area (Å²) in [6, 6.07) is 9.21. The van der Waals surface area contributed by atoms with Crippen LogP contribution in [0.5, 0.6) is 11.5 Å². The fourth-order valence-corrected chi connectivity index (χ4v) is 3.10. The number of carbonyl (C=O) groups is 3. The highest BCUT2D eigenvalue weighted by Gasteiger charge is 2.37. The lowest BCUT2D eigenvalue weighted by atomic mass is 10.1. The second kappa shape index (κ2) is 8.96. The number of urea groups is 1. The van der Waals surface area contributed by atoms with E-state index in [0.29, 0.717) is 22.7 Å². The summed E-state index contributed by atoms with van der Waals surface area (Å²) in [7, 11) is 1.52. The number of nitrogens with one attached hydrogen (secondary N) is 1. The van der Waals surface area contributed by atoms with E-state index in [0.717, 1.165) is 14.9 Å². The second-order valence-electron chi connectivity index (χ2n) is 6.39. The van der Waals surface area contributed by atoms with E-state index in [-0.39, 0.29) is 12.2 Å². The minimum atomic E-state index is -0.804. The fourth-order valence-electron chi connectivity index (χ4n) is 2.85. The maximum Gasteiger partial charge on any atom is 0.335 e. The van der Waals surface area contributed by atoms with Crippen LogP contribution >= 0.6 is 15.9 Å². The number of carbonyl (C=O) groups excluding carboxylic acids is 3. The molecule has 7 nitrogen and oxygen atoms in total. The molecule has 1 aliphatic rings. The number of methoxy groups -OCH3 is 1. The standard InChI is InChI=1S/C22H19BrN2O5/c1-4-9-30-19-12-16(29-3)7-5-14(19)11-17-20(26)24-22(28)25(21(17)27)15-6-8-18(23)13(2)10-15/h4-8,10-12H,1,9H2,2-3H3,(H,24,26,28)/b17-11-. The molecule has 2 aromatic carbocycles. The van der Waals surface area contributed by atoms with Crippen LogP contribution in [0.15, 0.2) is 59.1 Å². The molecule has 1 aliphatic heterocycles. The summed E-state index contributed by atoms with van der Waals surface area (Å²) in [5.41, 5.74) is 1.49. The predicted molar refractivity (Wildman–Crippen MR) is 117 cm³/mol. The van der Waals surface area contributed by atoms with Crippen molar-refractivity contribution in [1.82, 2.24) is 5.32 Å². The number of aryl methyl sites for hydroxylation is 1. The van der Waals surface area contributed by atoms with Crippen molar-refractivity contribution in [2.45, 2.75) is 6.92 Å². The van der Waals surface area contributed by atoms with Crippen molar-refractivity contribution in [1.29, 1.82) is 0 Å². The topological polar surface area (TPSA) is 84.9 Å². The third-order valence-electron chi connectivity index (χ3n) is 4.38. The number of hydrogen-bond donors (Lipinski definition) is 1. The maximum absolute atomic E-state index is 13.1. The molecule has 3 rings (SSSR count). The number of anilines is 1. The van der Waals surface area contributed by atoms with Crippen molar-refractivity contribution in [3.8, 4) is 11.5 Å². The smallest absolute Gasteiger partial charge is 0.335 e. The number of nitrogens with zero attached hydrogens (tertiary/aromatic N) is 1. The van der Waals surface area contributed by atoms with Gasteiger partial charge >= 0.3 is 6.03 Å². The largest absolute Gasteiger partial charge is 0.497 e. The van der Waals surface area contributed by atoms with Gasteiger partial charge in [0, 0.05) is 16.1 Å². The number of rotatable bonds is 6. The Kier molecular flexibility index (Phi) is 6.37. The third-order valence-corrected chi connectivity index (χ3v) is 5.27. The molecule has 0 saturated carbocycles. The average Bonchev–Trinajstić information content (AvgIpc) is 2.72. The van der Waals surface area contributed by atoms with Gasteiger partial charge in [0.15, 0.2) is 0 Å². The van der Waals surface area contributed by atoms with Crippen molar-refractivity contribution < 1.29 is 23.9 Å². The van der Waals surface area contributed by atoms with Crippen LogP contribution in [0.2, 0.25) is 0 Å². The highest BCUT2D eigenvalue weighted by molar-refractivity contribution is 9.10. The van der Waals surface area contributed by atoms with Gasteiger partial charge in [0.05, 0.1) is 12.8 Å². The molecule has 4 amide bonds. The van der Waals surface area contributed by atoms with Gasteiger partial charge in [-0.25, -0.2) is 9.69 Å². The lowest BCUT2D eigenvalue weighted by molar-refractivity contribution is -0.122. The minimum absolute atomic E-state index is 0.191. The van der Waals surface area contributed by atoms with E-state index in [2.05, 4.69) is 27.8 Å². The molecule has 0 aliphatic carbocycles. The van der Waals surface area contributed by atoms with Crippen LogP contribution < -0.4 is 19.7 Å². The molecular formula is C22H19BrN2O5. The quantitative estimate of drug-likeness (QED) is 0.391. The van der Waals surface area contributed by atoms with Crippen molar-refractivity contribution in [3.05, 3.63) is 70.2 Å². The molecule has 0 aromatic heterocycles.